The number of hydrogen-bond donors (Lipinski definition) is 2. The van der Waals surface area contributed by atoms with Gasteiger partial charge in [-0.15, -0.1) is 0 Å². The van der Waals surface area contributed by atoms with Gasteiger partial charge < -0.3 is 15.3 Å². The lowest BCUT2D eigenvalue weighted by Gasteiger charge is -2.37. The normalized spacial score (nSPS) is 22.0. The van der Waals surface area contributed by atoms with E-state index in [9.17, 15) is 19.1 Å². The summed E-state index contributed by atoms with van der Waals surface area (Å²) in [5.41, 5.74) is -0.154. The number of aliphatic carboxylic acids is 1. The number of benzene rings is 1. The Morgan fingerprint density at radius 1 is 1.43 bits per heavy atom. The molecule has 114 valence electrons. The Morgan fingerprint density at radius 3 is 2.81 bits per heavy atom. The molecule has 0 aromatic heterocycles. The predicted octanol–water partition coefficient (Wildman–Crippen LogP) is 2.85. The molecule has 1 fully saturated rings. The van der Waals surface area contributed by atoms with Crippen molar-refractivity contribution >= 4 is 17.7 Å². The second kappa shape index (κ2) is 5.71. The van der Waals surface area contributed by atoms with E-state index in [1.54, 1.807) is 19.9 Å². The van der Waals surface area contributed by atoms with Crippen LogP contribution < -0.4 is 5.32 Å². The zero-order chi connectivity index (χ0) is 15.6. The topological polar surface area (TPSA) is 69.6 Å². The van der Waals surface area contributed by atoms with E-state index in [0.29, 0.717) is 30.6 Å². The molecular weight excluding hydrogens is 275 g/mol. The highest BCUT2D eigenvalue weighted by atomic mass is 19.1. The molecular formula is C15H19FN2O3. The van der Waals surface area contributed by atoms with Gasteiger partial charge in [0, 0.05) is 24.3 Å². The number of nitrogens with one attached hydrogen (secondary N) is 1. The largest absolute Gasteiger partial charge is 0.481 e. The first kappa shape index (κ1) is 15.3. The molecule has 6 heteroatoms. The molecule has 0 radical (unpaired) electrons. The molecule has 0 saturated carbocycles. The summed E-state index contributed by atoms with van der Waals surface area (Å²) in [5.74, 6) is -1.29. The highest BCUT2D eigenvalue weighted by Crippen LogP contribution is 2.30. The zero-order valence-corrected chi connectivity index (χ0v) is 12.1. The fourth-order valence-electron chi connectivity index (χ4n) is 2.52. The SMILES string of the molecule is Cc1c(F)cccc1NC(=O)N1CCCC(C)(C(=O)O)C1. The highest BCUT2D eigenvalue weighted by molar-refractivity contribution is 5.90. The number of rotatable bonds is 2. The van der Waals surface area contributed by atoms with Crippen molar-refractivity contribution in [2.75, 3.05) is 18.4 Å². The second-order valence-electron chi connectivity index (χ2n) is 5.73. The van der Waals surface area contributed by atoms with Crippen molar-refractivity contribution in [1.82, 2.24) is 4.90 Å². The minimum Gasteiger partial charge on any atom is -0.481 e. The molecule has 1 saturated heterocycles. The summed E-state index contributed by atoms with van der Waals surface area (Å²) < 4.78 is 13.5. The molecule has 1 aliphatic heterocycles. The molecule has 2 N–H and O–H groups in total. The summed E-state index contributed by atoms with van der Waals surface area (Å²) in [6, 6.07) is 4.08. The number of carboxylic acid groups (broad SMARTS) is 1. The van der Waals surface area contributed by atoms with E-state index in [-0.39, 0.29) is 12.4 Å². The van der Waals surface area contributed by atoms with Crippen LogP contribution in [0.1, 0.15) is 25.3 Å². The maximum Gasteiger partial charge on any atom is 0.321 e. The fourth-order valence-corrected chi connectivity index (χ4v) is 2.52. The van der Waals surface area contributed by atoms with Gasteiger partial charge in [0.05, 0.1) is 5.41 Å². The molecule has 0 spiro atoms. The Morgan fingerprint density at radius 2 is 2.14 bits per heavy atom. The number of hydrogen-bond acceptors (Lipinski definition) is 2. The smallest absolute Gasteiger partial charge is 0.321 e. The minimum absolute atomic E-state index is 0.155. The van der Waals surface area contributed by atoms with Gasteiger partial charge in [0.1, 0.15) is 5.82 Å². The molecule has 2 rings (SSSR count). The van der Waals surface area contributed by atoms with Crippen LogP contribution in [0.3, 0.4) is 0 Å². The van der Waals surface area contributed by atoms with Crippen molar-refractivity contribution in [3.8, 4) is 0 Å². The van der Waals surface area contributed by atoms with E-state index in [4.69, 9.17) is 0 Å². The Balaban J connectivity index is 2.10. The number of urea groups is 1. The van der Waals surface area contributed by atoms with Crippen LogP contribution >= 0.6 is 0 Å². The van der Waals surface area contributed by atoms with Crippen molar-refractivity contribution in [1.29, 1.82) is 0 Å². The van der Waals surface area contributed by atoms with Gasteiger partial charge in [0.25, 0.3) is 0 Å². The number of piperidine rings is 1. The van der Waals surface area contributed by atoms with Crippen LogP contribution in [0.5, 0.6) is 0 Å². The molecule has 1 aliphatic rings. The van der Waals surface area contributed by atoms with Crippen molar-refractivity contribution < 1.29 is 19.1 Å². The first-order chi connectivity index (χ1) is 9.83. The summed E-state index contributed by atoms with van der Waals surface area (Å²) in [6.45, 7) is 3.89. The number of nitrogens with zero attached hydrogens (tertiary/aromatic N) is 1. The number of anilines is 1. The Labute approximate surface area is 122 Å². The molecule has 1 heterocycles. The number of likely N-dealkylation sites (tertiary alicyclic amines) is 1. The van der Waals surface area contributed by atoms with Crippen LogP contribution in [0.15, 0.2) is 18.2 Å². The summed E-state index contributed by atoms with van der Waals surface area (Å²) >= 11 is 0. The maximum atomic E-state index is 13.5. The van der Waals surface area contributed by atoms with E-state index >= 15 is 0 Å². The number of amides is 2. The van der Waals surface area contributed by atoms with Gasteiger partial charge in [-0.3, -0.25) is 4.79 Å². The predicted molar refractivity (Wildman–Crippen MR) is 76.7 cm³/mol. The molecule has 0 aliphatic carbocycles. The molecule has 1 aromatic rings. The van der Waals surface area contributed by atoms with Gasteiger partial charge in [-0.25, -0.2) is 9.18 Å². The van der Waals surface area contributed by atoms with Crippen LogP contribution in [0.4, 0.5) is 14.9 Å². The van der Waals surface area contributed by atoms with Gasteiger partial charge in [0.15, 0.2) is 0 Å². The Kier molecular flexibility index (Phi) is 4.16. The minimum atomic E-state index is -0.924. The first-order valence-electron chi connectivity index (χ1n) is 6.88. The average molecular weight is 294 g/mol. The van der Waals surface area contributed by atoms with Crippen molar-refractivity contribution in [3.63, 3.8) is 0 Å². The average Bonchev–Trinajstić information content (AvgIpc) is 2.43. The van der Waals surface area contributed by atoms with Crippen molar-refractivity contribution in [2.24, 2.45) is 5.41 Å². The van der Waals surface area contributed by atoms with Crippen molar-refractivity contribution in [3.05, 3.63) is 29.6 Å². The van der Waals surface area contributed by atoms with Crippen LogP contribution in [0.2, 0.25) is 0 Å². The number of halogens is 1. The number of carboxylic acids is 1. The van der Waals surface area contributed by atoms with Gasteiger partial charge in [-0.2, -0.15) is 0 Å². The van der Waals surface area contributed by atoms with Gasteiger partial charge >= 0.3 is 12.0 Å². The molecule has 2 amide bonds. The van der Waals surface area contributed by atoms with E-state index in [0.717, 1.165) is 0 Å². The standard InChI is InChI=1S/C15H19FN2O3/c1-10-11(16)5-3-6-12(10)17-14(21)18-8-4-7-15(2,9-18)13(19)20/h3,5-6H,4,7-9H2,1-2H3,(H,17,21)(H,19,20). The molecule has 1 unspecified atom stereocenters. The molecule has 5 nitrogen and oxygen atoms in total. The van der Waals surface area contributed by atoms with Gasteiger partial charge in [-0.1, -0.05) is 6.07 Å². The Hall–Kier alpha value is -2.11. The maximum absolute atomic E-state index is 13.5. The summed E-state index contributed by atoms with van der Waals surface area (Å²) in [6.07, 6.45) is 1.18. The molecule has 1 aromatic carbocycles. The molecule has 0 bridgehead atoms. The highest BCUT2D eigenvalue weighted by Gasteiger charge is 2.39. The van der Waals surface area contributed by atoms with E-state index < -0.39 is 17.4 Å². The van der Waals surface area contributed by atoms with Crippen molar-refractivity contribution in [2.45, 2.75) is 26.7 Å². The first-order valence-corrected chi connectivity index (χ1v) is 6.88. The van der Waals surface area contributed by atoms with Gasteiger partial charge in [0.2, 0.25) is 0 Å². The molecule has 21 heavy (non-hydrogen) atoms. The lowest BCUT2D eigenvalue weighted by Crippen LogP contribution is -2.49. The van der Waals surface area contributed by atoms with Crippen LogP contribution in [0.25, 0.3) is 0 Å². The molecule has 1 atom stereocenters. The van der Waals surface area contributed by atoms with Crippen LogP contribution in [0, 0.1) is 18.2 Å². The third-order valence-corrected chi connectivity index (χ3v) is 4.01. The zero-order valence-electron chi connectivity index (χ0n) is 12.1. The van der Waals surface area contributed by atoms with Crippen LogP contribution in [-0.2, 0) is 4.79 Å². The lowest BCUT2D eigenvalue weighted by atomic mass is 9.82. The fraction of sp³-hybridized carbons (Fsp3) is 0.467. The third-order valence-electron chi connectivity index (χ3n) is 4.01. The monoisotopic (exact) mass is 294 g/mol. The summed E-state index contributed by atoms with van der Waals surface area (Å²) in [5, 5.41) is 11.9. The summed E-state index contributed by atoms with van der Waals surface area (Å²) in [4.78, 5) is 25.0. The number of carbonyl (C=O) groups is 2. The van der Waals surface area contributed by atoms with E-state index in [1.165, 1.54) is 17.0 Å². The van der Waals surface area contributed by atoms with Crippen LogP contribution in [-0.4, -0.2) is 35.1 Å². The number of carbonyl (C=O) groups excluding carboxylic acids is 1. The van der Waals surface area contributed by atoms with E-state index in [2.05, 4.69) is 5.32 Å². The van der Waals surface area contributed by atoms with E-state index in [1.807, 2.05) is 0 Å². The third kappa shape index (κ3) is 3.15. The summed E-state index contributed by atoms with van der Waals surface area (Å²) in [7, 11) is 0. The van der Waals surface area contributed by atoms with Gasteiger partial charge in [-0.05, 0) is 38.8 Å². The lowest BCUT2D eigenvalue weighted by molar-refractivity contribution is -0.150. The quantitative estimate of drug-likeness (QED) is 0.881. The second-order valence-corrected chi connectivity index (χ2v) is 5.73. The Bertz CT molecular complexity index is 576.